The molecule has 1 amide bonds. The highest BCUT2D eigenvalue weighted by molar-refractivity contribution is 7.12. The van der Waals surface area contributed by atoms with Gasteiger partial charge in [-0.15, -0.1) is 11.3 Å². The van der Waals surface area contributed by atoms with E-state index in [4.69, 9.17) is 9.84 Å². The van der Waals surface area contributed by atoms with Gasteiger partial charge in [0.15, 0.2) is 0 Å². The molecule has 4 nitrogen and oxygen atoms in total. The van der Waals surface area contributed by atoms with Crippen molar-refractivity contribution < 1.29 is 14.6 Å². The first-order valence-corrected chi connectivity index (χ1v) is 6.01. The lowest BCUT2D eigenvalue weighted by Crippen LogP contribution is -2.38. The number of hydrogen-bond acceptors (Lipinski definition) is 4. The molecule has 0 aromatic carbocycles. The molecule has 0 aliphatic carbocycles. The molecule has 0 fully saturated rings. The van der Waals surface area contributed by atoms with E-state index in [0.717, 1.165) is 10.4 Å². The Morgan fingerprint density at radius 2 is 2.44 bits per heavy atom. The number of hydrogen-bond donors (Lipinski definition) is 2. The third-order valence-electron chi connectivity index (χ3n) is 2.25. The highest BCUT2D eigenvalue weighted by atomic mass is 32.1. The summed E-state index contributed by atoms with van der Waals surface area (Å²) in [6.45, 7) is 2.36. The van der Waals surface area contributed by atoms with Gasteiger partial charge in [0.25, 0.3) is 5.91 Å². The van der Waals surface area contributed by atoms with Crippen LogP contribution in [0.15, 0.2) is 11.4 Å². The summed E-state index contributed by atoms with van der Waals surface area (Å²) < 4.78 is 4.98. The van der Waals surface area contributed by atoms with Crippen LogP contribution in [0.3, 0.4) is 0 Å². The molecule has 1 rings (SSSR count). The molecule has 0 aliphatic rings. The number of methoxy groups -OCH3 is 1. The lowest BCUT2D eigenvalue weighted by molar-refractivity contribution is 0.0882. The SMILES string of the molecule is COCC(CCO)NC(=O)c1sccc1C. The minimum absolute atomic E-state index is 0.0394. The van der Waals surface area contributed by atoms with Crippen LogP contribution in [0.4, 0.5) is 0 Å². The van der Waals surface area contributed by atoms with Crippen LogP contribution in [0.25, 0.3) is 0 Å². The van der Waals surface area contributed by atoms with Crippen LogP contribution >= 0.6 is 11.3 Å². The lowest BCUT2D eigenvalue weighted by atomic mass is 10.2. The highest BCUT2D eigenvalue weighted by Gasteiger charge is 2.15. The van der Waals surface area contributed by atoms with E-state index in [1.807, 2.05) is 18.4 Å². The minimum atomic E-state index is -0.135. The van der Waals surface area contributed by atoms with E-state index in [1.54, 1.807) is 7.11 Å². The van der Waals surface area contributed by atoms with E-state index in [1.165, 1.54) is 11.3 Å². The summed E-state index contributed by atoms with van der Waals surface area (Å²) in [5.74, 6) is -0.0944. The number of aliphatic hydroxyl groups excluding tert-OH is 1. The zero-order valence-corrected chi connectivity index (χ0v) is 10.3. The number of nitrogens with one attached hydrogen (secondary N) is 1. The Kier molecular flexibility index (Phi) is 5.45. The first kappa shape index (κ1) is 13.2. The van der Waals surface area contributed by atoms with Crippen LogP contribution in [0.1, 0.15) is 21.7 Å². The molecular weight excluding hydrogens is 226 g/mol. The lowest BCUT2D eigenvalue weighted by Gasteiger charge is -2.16. The second-order valence-electron chi connectivity index (χ2n) is 3.57. The Bertz CT molecular complexity index is 332. The molecule has 0 aliphatic heterocycles. The quantitative estimate of drug-likeness (QED) is 0.789. The van der Waals surface area contributed by atoms with Gasteiger partial charge < -0.3 is 15.2 Å². The van der Waals surface area contributed by atoms with Gasteiger partial charge in [0, 0.05) is 13.7 Å². The Labute approximate surface area is 99.2 Å². The summed E-state index contributed by atoms with van der Waals surface area (Å²) in [5.41, 5.74) is 0.975. The van der Waals surface area contributed by atoms with Crippen molar-refractivity contribution in [3.63, 3.8) is 0 Å². The van der Waals surface area contributed by atoms with Crippen molar-refractivity contribution in [1.82, 2.24) is 5.32 Å². The van der Waals surface area contributed by atoms with Crippen molar-refractivity contribution in [3.8, 4) is 0 Å². The van der Waals surface area contributed by atoms with E-state index in [0.29, 0.717) is 13.0 Å². The molecule has 0 radical (unpaired) electrons. The summed E-state index contributed by atoms with van der Waals surface area (Å²) in [5, 5.41) is 13.6. The molecular formula is C11H17NO3S. The predicted octanol–water partition coefficient (Wildman–Crippen LogP) is 1.18. The van der Waals surface area contributed by atoms with Gasteiger partial charge in [-0.1, -0.05) is 0 Å². The number of aryl methyl sites for hydroxylation is 1. The number of aliphatic hydroxyl groups is 1. The second-order valence-corrected chi connectivity index (χ2v) is 4.49. The van der Waals surface area contributed by atoms with Gasteiger partial charge in [0.2, 0.25) is 0 Å². The van der Waals surface area contributed by atoms with Gasteiger partial charge in [0.1, 0.15) is 0 Å². The topological polar surface area (TPSA) is 58.6 Å². The molecule has 1 aromatic rings. The van der Waals surface area contributed by atoms with Crippen LogP contribution in [-0.2, 0) is 4.74 Å². The van der Waals surface area contributed by atoms with Gasteiger partial charge in [-0.25, -0.2) is 0 Å². The van der Waals surface area contributed by atoms with Crippen LogP contribution in [-0.4, -0.2) is 37.4 Å². The first-order chi connectivity index (χ1) is 7.69. The molecule has 16 heavy (non-hydrogen) atoms. The van der Waals surface area contributed by atoms with E-state index in [-0.39, 0.29) is 18.6 Å². The molecule has 0 bridgehead atoms. The molecule has 2 N–H and O–H groups in total. The molecule has 1 unspecified atom stereocenters. The van der Waals surface area contributed by atoms with Crippen LogP contribution in [0.2, 0.25) is 0 Å². The van der Waals surface area contributed by atoms with Crippen molar-refractivity contribution in [3.05, 3.63) is 21.9 Å². The van der Waals surface area contributed by atoms with Gasteiger partial charge in [-0.2, -0.15) is 0 Å². The monoisotopic (exact) mass is 243 g/mol. The standard InChI is InChI=1S/C11H17NO3S/c1-8-4-6-16-10(8)11(14)12-9(3-5-13)7-15-2/h4,6,9,13H,3,5,7H2,1-2H3,(H,12,14). The Morgan fingerprint density at radius 1 is 1.69 bits per heavy atom. The third kappa shape index (κ3) is 3.59. The minimum Gasteiger partial charge on any atom is -0.396 e. The van der Waals surface area contributed by atoms with Gasteiger partial charge in [-0.3, -0.25) is 4.79 Å². The third-order valence-corrected chi connectivity index (χ3v) is 3.26. The average Bonchev–Trinajstić information content (AvgIpc) is 2.65. The van der Waals surface area contributed by atoms with E-state index < -0.39 is 0 Å². The summed E-state index contributed by atoms with van der Waals surface area (Å²) in [4.78, 5) is 12.6. The van der Waals surface area contributed by atoms with Crippen LogP contribution in [0.5, 0.6) is 0 Å². The van der Waals surface area contributed by atoms with Crippen LogP contribution in [0, 0.1) is 6.92 Å². The average molecular weight is 243 g/mol. The number of amides is 1. The summed E-state index contributed by atoms with van der Waals surface area (Å²) in [7, 11) is 1.58. The summed E-state index contributed by atoms with van der Waals surface area (Å²) in [6, 6.07) is 1.78. The fourth-order valence-electron chi connectivity index (χ4n) is 1.41. The zero-order chi connectivity index (χ0) is 12.0. The van der Waals surface area contributed by atoms with Gasteiger partial charge >= 0.3 is 0 Å². The fraction of sp³-hybridized carbons (Fsp3) is 0.545. The number of carbonyl (C=O) groups excluding carboxylic acids is 1. The first-order valence-electron chi connectivity index (χ1n) is 5.13. The molecule has 90 valence electrons. The maximum atomic E-state index is 11.8. The van der Waals surface area contributed by atoms with Gasteiger partial charge in [0.05, 0.1) is 17.5 Å². The van der Waals surface area contributed by atoms with E-state index in [2.05, 4.69) is 5.32 Å². The predicted molar refractivity (Wildman–Crippen MR) is 63.9 cm³/mol. The van der Waals surface area contributed by atoms with Crippen LogP contribution < -0.4 is 5.32 Å². The van der Waals surface area contributed by atoms with Gasteiger partial charge in [-0.05, 0) is 30.4 Å². The smallest absolute Gasteiger partial charge is 0.261 e. The largest absolute Gasteiger partial charge is 0.396 e. The molecule has 1 atom stereocenters. The highest BCUT2D eigenvalue weighted by Crippen LogP contribution is 2.15. The van der Waals surface area contributed by atoms with E-state index >= 15 is 0 Å². The maximum absolute atomic E-state index is 11.8. The maximum Gasteiger partial charge on any atom is 0.261 e. The number of carbonyl (C=O) groups is 1. The molecule has 5 heteroatoms. The summed E-state index contributed by atoms with van der Waals surface area (Å²) >= 11 is 1.42. The zero-order valence-electron chi connectivity index (χ0n) is 9.53. The van der Waals surface area contributed by atoms with Crippen molar-refractivity contribution in [2.75, 3.05) is 20.3 Å². The molecule has 0 spiro atoms. The Hall–Kier alpha value is -0.910. The molecule has 1 heterocycles. The fourth-order valence-corrected chi connectivity index (χ4v) is 2.24. The number of ether oxygens (including phenoxy) is 1. The van der Waals surface area contributed by atoms with E-state index in [9.17, 15) is 4.79 Å². The number of thiophene rings is 1. The normalized spacial score (nSPS) is 12.4. The number of rotatable bonds is 6. The van der Waals surface area contributed by atoms with Crippen molar-refractivity contribution in [1.29, 1.82) is 0 Å². The summed E-state index contributed by atoms with van der Waals surface area (Å²) in [6.07, 6.45) is 0.504. The Morgan fingerprint density at radius 3 is 2.94 bits per heavy atom. The molecule has 0 saturated heterocycles. The Balaban J connectivity index is 2.58. The molecule has 1 aromatic heterocycles. The van der Waals surface area contributed by atoms with Crippen molar-refractivity contribution in [2.24, 2.45) is 0 Å². The molecule has 0 saturated carbocycles. The van der Waals surface area contributed by atoms with Crippen molar-refractivity contribution >= 4 is 17.2 Å². The second kappa shape index (κ2) is 6.62. The van der Waals surface area contributed by atoms with Crippen molar-refractivity contribution in [2.45, 2.75) is 19.4 Å².